The van der Waals surface area contributed by atoms with Gasteiger partial charge in [-0.2, -0.15) is 4.31 Å². The predicted molar refractivity (Wildman–Crippen MR) is 95.8 cm³/mol. The van der Waals surface area contributed by atoms with Crippen molar-refractivity contribution in [1.82, 2.24) is 9.62 Å². The maximum absolute atomic E-state index is 12.6. The molecule has 8 heteroatoms. The second-order valence-electron chi connectivity index (χ2n) is 6.11. The Labute approximate surface area is 151 Å². The molecule has 1 aliphatic heterocycles. The van der Waals surface area contributed by atoms with Crippen LogP contribution in [0.5, 0.6) is 0 Å². The fourth-order valence-corrected chi connectivity index (χ4v) is 5.65. The molecule has 136 valence electrons. The number of rotatable bonds is 7. The van der Waals surface area contributed by atoms with E-state index in [2.05, 4.69) is 5.32 Å². The first-order valence-corrected chi connectivity index (χ1v) is 10.7. The highest BCUT2D eigenvalue weighted by Crippen LogP contribution is 2.26. The first-order chi connectivity index (χ1) is 12.1. The molecule has 25 heavy (non-hydrogen) atoms. The van der Waals surface area contributed by atoms with Crippen molar-refractivity contribution in [2.75, 3.05) is 19.6 Å². The van der Waals surface area contributed by atoms with Gasteiger partial charge in [0.2, 0.25) is 5.91 Å². The molecule has 1 saturated heterocycles. The Hall–Kier alpha value is -1.64. The summed E-state index contributed by atoms with van der Waals surface area (Å²) in [6, 6.07) is 7.10. The molecule has 2 aromatic heterocycles. The van der Waals surface area contributed by atoms with Gasteiger partial charge in [0.25, 0.3) is 10.0 Å². The predicted octanol–water partition coefficient (Wildman–Crippen LogP) is 2.49. The first-order valence-electron chi connectivity index (χ1n) is 8.41. The summed E-state index contributed by atoms with van der Waals surface area (Å²) in [6.45, 7) is 1.29. The number of thiophene rings is 1. The van der Waals surface area contributed by atoms with Crippen LogP contribution in [0.15, 0.2) is 44.5 Å². The number of furan rings is 1. The van der Waals surface area contributed by atoms with Gasteiger partial charge < -0.3 is 9.73 Å². The van der Waals surface area contributed by atoms with Crippen molar-refractivity contribution >= 4 is 27.3 Å². The van der Waals surface area contributed by atoms with Crippen LogP contribution in [0.2, 0.25) is 0 Å². The van der Waals surface area contributed by atoms with Crippen molar-refractivity contribution in [2.24, 2.45) is 5.92 Å². The second-order valence-corrected chi connectivity index (χ2v) is 9.22. The second kappa shape index (κ2) is 8.16. The minimum absolute atomic E-state index is 0.0643. The lowest BCUT2D eigenvalue weighted by atomic mass is 9.99. The SMILES string of the molecule is O=C(NCCCc1ccco1)[C@H]1CCCN(S(=O)(=O)c2cccs2)C1. The van der Waals surface area contributed by atoms with E-state index in [-0.39, 0.29) is 18.4 Å². The quantitative estimate of drug-likeness (QED) is 0.746. The molecular weight excluding hydrogens is 360 g/mol. The standard InChI is InChI=1S/C17H22N2O4S2/c20-17(18-9-1-6-15-7-3-11-23-15)14-5-2-10-19(13-14)25(21,22)16-8-4-12-24-16/h3-4,7-8,11-12,14H,1-2,5-6,9-10,13H2,(H,18,20)/t14-/m0/s1. The van der Waals surface area contributed by atoms with E-state index in [0.29, 0.717) is 23.7 Å². The van der Waals surface area contributed by atoms with Crippen LogP contribution in [-0.4, -0.2) is 38.3 Å². The van der Waals surface area contributed by atoms with Crippen molar-refractivity contribution in [1.29, 1.82) is 0 Å². The fraction of sp³-hybridized carbons (Fsp3) is 0.471. The lowest BCUT2D eigenvalue weighted by Crippen LogP contribution is -2.45. The molecule has 3 rings (SSSR count). The van der Waals surface area contributed by atoms with Gasteiger partial charge in [-0.3, -0.25) is 4.79 Å². The van der Waals surface area contributed by atoms with Crippen molar-refractivity contribution in [2.45, 2.75) is 29.9 Å². The molecule has 0 bridgehead atoms. The van der Waals surface area contributed by atoms with Gasteiger partial charge in [0.15, 0.2) is 0 Å². The monoisotopic (exact) mass is 382 g/mol. The van der Waals surface area contributed by atoms with Crippen LogP contribution in [0, 0.1) is 5.92 Å². The molecule has 6 nitrogen and oxygen atoms in total. The Balaban J connectivity index is 1.49. The average molecular weight is 383 g/mol. The van der Waals surface area contributed by atoms with Crippen LogP contribution in [0.4, 0.5) is 0 Å². The van der Waals surface area contributed by atoms with Crippen molar-refractivity contribution in [3.05, 3.63) is 41.7 Å². The third-order valence-electron chi connectivity index (χ3n) is 4.32. The van der Waals surface area contributed by atoms with Crippen LogP contribution in [0.3, 0.4) is 0 Å². The Kier molecular flexibility index (Phi) is 5.93. The molecular formula is C17H22N2O4S2. The van der Waals surface area contributed by atoms with E-state index in [0.717, 1.165) is 25.0 Å². The molecule has 1 N–H and O–H groups in total. The number of hydrogen-bond acceptors (Lipinski definition) is 5. The van der Waals surface area contributed by atoms with Crippen molar-refractivity contribution in [3.63, 3.8) is 0 Å². The average Bonchev–Trinajstić information content (AvgIpc) is 3.32. The largest absolute Gasteiger partial charge is 0.469 e. The van der Waals surface area contributed by atoms with Gasteiger partial charge >= 0.3 is 0 Å². The zero-order valence-corrected chi connectivity index (χ0v) is 15.5. The smallest absolute Gasteiger partial charge is 0.252 e. The number of amides is 1. The van der Waals surface area contributed by atoms with Gasteiger partial charge in [-0.1, -0.05) is 6.07 Å². The number of carbonyl (C=O) groups is 1. The van der Waals surface area contributed by atoms with E-state index in [1.54, 1.807) is 23.8 Å². The van der Waals surface area contributed by atoms with Crippen molar-refractivity contribution < 1.29 is 17.6 Å². The number of hydrogen-bond donors (Lipinski definition) is 1. The summed E-state index contributed by atoms with van der Waals surface area (Å²) in [5, 5.41) is 4.67. The van der Waals surface area contributed by atoms with E-state index in [1.165, 1.54) is 15.6 Å². The number of piperidine rings is 1. The number of aryl methyl sites for hydroxylation is 1. The summed E-state index contributed by atoms with van der Waals surface area (Å²) in [5.41, 5.74) is 0. The summed E-state index contributed by atoms with van der Waals surface area (Å²) in [4.78, 5) is 12.4. The molecule has 0 aromatic carbocycles. The van der Waals surface area contributed by atoms with E-state index in [9.17, 15) is 13.2 Å². The van der Waals surface area contributed by atoms with E-state index in [4.69, 9.17) is 4.42 Å². The van der Waals surface area contributed by atoms with Gasteiger partial charge in [-0.25, -0.2) is 8.42 Å². The molecule has 1 amide bonds. The molecule has 1 aliphatic rings. The van der Waals surface area contributed by atoms with Crippen LogP contribution in [0.25, 0.3) is 0 Å². The third kappa shape index (κ3) is 4.50. The Bertz CT molecular complexity index is 770. The zero-order chi connectivity index (χ0) is 17.7. The van der Waals surface area contributed by atoms with Gasteiger partial charge in [0, 0.05) is 26.1 Å². The van der Waals surface area contributed by atoms with Crippen LogP contribution in [0.1, 0.15) is 25.0 Å². The number of nitrogens with zero attached hydrogens (tertiary/aromatic N) is 1. The minimum atomic E-state index is -3.48. The van der Waals surface area contributed by atoms with Crippen LogP contribution >= 0.6 is 11.3 Å². The zero-order valence-electron chi connectivity index (χ0n) is 13.9. The lowest BCUT2D eigenvalue weighted by molar-refractivity contribution is -0.126. The molecule has 0 radical (unpaired) electrons. The van der Waals surface area contributed by atoms with Gasteiger partial charge in [0.1, 0.15) is 9.97 Å². The molecule has 0 aliphatic carbocycles. The lowest BCUT2D eigenvalue weighted by Gasteiger charge is -2.30. The van der Waals surface area contributed by atoms with Crippen LogP contribution < -0.4 is 5.32 Å². The summed E-state index contributed by atoms with van der Waals surface area (Å²) in [6.07, 6.45) is 4.63. The van der Waals surface area contributed by atoms with Crippen molar-refractivity contribution in [3.8, 4) is 0 Å². The summed E-state index contributed by atoms with van der Waals surface area (Å²) in [5.74, 6) is 0.553. The minimum Gasteiger partial charge on any atom is -0.469 e. The van der Waals surface area contributed by atoms with Gasteiger partial charge in [0.05, 0.1) is 12.2 Å². The maximum atomic E-state index is 12.6. The highest BCUT2D eigenvalue weighted by Gasteiger charge is 2.33. The maximum Gasteiger partial charge on any atom is 0.252 e. The molecule has 0 spiro atoms. The highest BCUT2D eigenvalue weighted by molar-refractivity contribution is 7.91. The van der Waals surface area contributed by atoms with Crippen LogP contribution in [-0.2, 0) is 21.2 Å². The Morgan fingerprint density at radius 1 is 1.36 bits per heavy atom. The molecule has 2 aromatic rings. The van der Waals surface area contributed by atoms with E-state index in [1.807, 2.05) is 12.1 Å². The summed E-state index contributed by atoms with van der Waals surface area (Å²) in [7, 11) is -3.48. The van der Waals surface area contributed by atoms with Gasteiger partial charge in [-0.15, -0.1) is 11.3 Å². The summed E-state index contributed by atoms with van der Waals surface area (Å²) >= 11 is 1.21. The third-order valence-corrected chi connectivity index (χ3v) is 7.56. The Morgan fingerprint density at radius 3 is 2.96 bits per heavy atom. The summed E-state index contributed by atoms with van der Waals surface area (Å²) < 4.78 is 32.2. The van der Waals surface area contributed by atoms with E-state index < -0.39 is 10.0 Å². The molecule has 1 fully saturated rings. The molecule has 3 heterocycles. The number of carbonyl (C=O) groups excluding carboxylic acids is 1. The number of sulfonamides is 1. The first kappa shape index (κ1) is 18.2. The highest BCUT2D eigenvalue weighted by atomic mass is 32.2. The van der Waals surface area contributed by atoms with E-state index >= 15 is 0 Å². The fourth-order valence-electron chi connectivity index (χ4n) is 2.99. The topological polar surface area (TPSA) is 79.6 Å². The molecule has 0 saturated carbocycles. The Morgan fingerprint density at radius 2 is 2.24 bits per heavy atom. The normalized spacial score (nSPS) is 19.0. The molecule has 0 unspecified atom stereocenters. The number of nitrogens with one attached hydrogen (secondary N) is 1. The van der Waals surface area contributed by atoms with Gasteiger partial charge in [-0.05, 0) is 42.8 Å². The molecule has 1 atom stereocenters.